The Balaban J connectivity index is 2.84. The zero-order valence-corrected chi connectivity index (χ0v) is 7.52. The van der Waals surface area contributed by atoms with E-state index in [1.165, 1.54) is 0 Å². The first-order valence-electron chi connectivity index (χ1n) is 4.01. The molecule has 6 nitrogen and oxygen atoms in total. The maximum atomic E-state index is 10.4. The largest absolute Gasteiger partial charge is 0.474 e. The van der Waals surface area contributed by atoms with Gasteiger partial charge < -0.3 is 14.5 Å². The van der Waals surface area contributed by atoms with Crippen molar-refractivity contribution in [3.05, 3.63) is 5.89 Å². The number of hydrogen-bond acceptors (Lipinski definition) is 5. The lowest BCUT2D eigenvalue weighted by Crippen LogP contribution is -2.23. The van der Waals surface area contributed by atoms with Gasteiger partial charge >= 0.3 is 11.9 Å². The predicted molar refractivity (Wildman–Crippen MR) is 44.8 cm³/mol. The molecule has 6 heteroatoms. The van der Waals surface area contributed by atoms with E-state index in [9.17, 15) is 4.79 Å². The van der Waals surface area contributed by atoms with Gasteiger partial charge in [-0.15, -0.1) is 0 Å². The molecule has 0 unspecified atom stereocenters. The molecule has 0 atom stereocenters. The molecule has 0 saturated heterocycles. The van der Waals surface area contributed by atoms with Crippen LogP contribution in [0.15, 0.2) is 4.52 Å². The van der Waals surface area contributed by atoms with Gasteiger partial charge in [-0.3, -0.25) is 0 Å². The van der Waals surface area contributed by atoms with E-state index in [4.69, 9.17) is 5.11 Å². The zero-order valence-electron chi connectivity index (χ0n) is 7.52. The van der Waals surface area contributed by atoms with Crippen molar-refractivity contribution in [2.24, 2.45) is 0 Å². The van der Waals surface area contributed by atoms with Crippen molar-refractivity contribution in [2.45, 2.75) is 13.8 Å². The van der Waals surface area contributed by atoms with E-state index in [0.29, 0.717) is 5.95 Å². The molecule has 72 valence electrons. The number of nitrogens with zero attached hydrogens (tertiary/aromatic N) is 3. The van der Waals surface area contributed by atoms with Crippen LogP contribution in [0, 0.1) is 0 Å². The predicted octanol–water partition coefficient (Wildman–Crippen LogP) is 0.614. The quantitative estimate of drug-likeness (QED) is 0.740. The van der Waals surface area contributed by atoms with Crippen LogP contribution in [-0.4, -0.2) is 34.3 Å². The molecule has 0 aliphatic heterocycles. The van der Waals surface area contributed by atoms with Crippen molar-refractivity contribution in [3.8, 4) is 0 Å². The fraction of sp³-hybridized carbons (Fsp3) is 0.571. The highest BCUT2D eigenvalue weighted by molar-refractivity contribution is 5.82. The van der Waals surface area contributed by atoms with Crippen molar-refractivity contribution in [1.82, 2.24) is 10.1 Å². The van der Waals surface area contributed by atoms with Gasteiger partial charge in [0.05, 0.1) is 0 Å². The second-order valence-corrected chi connectivity index (χ2v) is 2.38. The first-order chi connectivity index (χ1) is 6.19. The smallest absolute Gasteiger partial charge is 0.394 e. The van der Waals surface area contributed by atoms with Crippen molar-refractivity contribution in [1.29, 1.82) is 0 Å². The number of anilines is 1. The second kappa shape index (κ2) is 3.88. The van der Waals surface area contributed by atoms with Gasteiger partial charge in [0.15, 0.2) is 0 Å². The molecule has 0 aliphatic rings. The molecule has 0 aliphatic carbocycles. The van der Waals surface area contributed by atoms with Crippen LogP contribution in [0.25, 0.3) is 0 Å². The molecule has 1 heterocycles. The molecule has 0 aromatic carbocycles. The normalized spacial score (nSPS) is 10.0. The van der Waals surface area contributed by atoms with Crippen molar-refractivity contribution >= 4 is 11.9 Å². The van der Waals surface area contributed by atoms with E-state index in [-0.39, 0.29) is 5.89 Å². The van der Waals surface area contributed by atoms with Gasteiger partial charge in [0, 0.05) is 13.1 Å². The van der Waals surface area contributed by atoms with Gasteiger partial charge in [-0.2, -0.15) is 4.98 Å². The van der Waals surface area contributed by atoms with Crippen LogP contribution in [-0.2, 0) is 0 Å². The number of aromatic nitrogens is 2. The van der Waals surface area contributed by atoms with E-state index < -0.39 is 5.97 Å². The molecular formula is C7H11N3O3. The Bertz CT molecular complexity index is 293. The van der Waals surface area contributed by atoms with E-state index in [1.54, 1.807) is 4.90 Å². The second-order valence-electron chi connectivity index (χ2n) is 2.38. The molecule has 1 N–H and O–H groups in total. The summed E-state index contributed by atoms with van der Waals surface area (Å²) >= 11 is 0. The molecule has 0 spiro atoms. The molecule has 13 heavy (non-hydrogen) atoms. The Kier molecular flexibility index (Phi) is 2.84. The van der Waals surface area contributed by atoms with E-state index in [1.807, 2.05) is 13.8 Å². The Labute approximate surface area is 75.2 Å². The number of rotatable bonds is 4. The van der Waals surface area contributed by atoms with Gasteiger partial charge in [0.2, 0.25) is 0 Å². The molecule has 1 aromatic rings. The van der Waals surface area contributed by atoms with Crippen LogP contribution in [0.3, 0.4) is 0 Å². The summed E-state index contributed by atoms with van der Waals surface area (Å²) in [5.74, 6) is -1.25. The lowest BCUT2D eigenvalue weighted by Gasteiger charge is -2.14. The molecule has 1 aromatic heterocycles. The van der Waals surface area contributed by atoms with Gasteiger partial charge in [0.25, 0.3) is 5.95 Å². The van der Waals surface area contributed by atoms with Crippen molar-refractivity contribution < 1.29 is 14.4 Å². The highest BCUT2D eigenvalue weighted by Gasteiger charge is 2.15. The third-order valence-electron chi connectivity index (χ3n) is 1.64. The number of carboxylic acid groups (broad SMARTS) is 1. The third-order valence-corrected chi connectivity index (χ3v) is 1.64. The van der Waals surface area contributed by atoms with E-state index in [2.05, 4.69) is 14.7 Å². The molecule has 0 fully saturated rings. The summed E-state index contributed by atoms with van der Waals surface area (Å²) < 4.78 is 4.51. The van der Waals surface area contributed by atoms with Crippen molar-refractivity contribution in [2.75, 3.05) is 18.0 Å². The number of carbonyl (C=O) groups is 1. The van der Waals surface area contributed by atoms with Crippen molar-refractivity contribution in [3.63, 3.8) is 0 Å². The zero-order chi connectivity index (χ0) is 9.84. The molecular weight excluding hydrogens is 174 g/mol. The lowest BCUT2D eigenvalue weighted by molar-refractivity contribution is 0.0643. The minimum absolute atomic E-state index is 0.322. The third kappa shape index (κ3) is 1.95. The summed E-state index contributed by atoms with van der Waals surface area (Å²) in [6.07, 6.45) is 0. The van der Waals surface area contributed by atoms with Gasteiger partial charge in [-0.1, -0.05) is 0 Å². The van der Waals surface area contributed by atoms with Crippen LogP contribution in [0.4, 0.5) is 5.95 Å². The fourth-order valence-corrected chi connectivity index (χ4v) is 0.937. The average molecular weight is 185 g/mol. The number of hydrogen-bond donors (Lipinski definition) is 1. The highest BCUT2D eigenvalue weighted by Crippen LogP contribution is 2.07. The molecule has 0 amide bonds. The van der Waals surface area contributed by atoms with Crippen LogP contribution in [0.2, 0.25) is 0 Å². The summed E-state index contributed by atoms with van der Waals surface area (Å²) in [6.45, 7) is 5.30. The van der Waals surface area contributed by atoms with E-state index >= 15 is 0 Å². The topological polar surface area (TPSA) is 79.5 Å². The lowest BCUT2D eigenvalue weighted by atomic mass is 10.5. The van der Waals surface area contributed by atoms with E-state index in [0.717, 1.165) is 13.1 Å². The molecule has 0 bridgehead atoms. The standard InChI is InChI=1S/C7H11N3O3/c1-3-10(4-2)7-8-5(6(11)12)13-9-7/h3-4H2,1-2H3,(H,11,12). The van der Waals surface area contributed by atoms with Crippen LogP contribution >= 0.6 is 0 Å². The summed E-state index contributed by atoms with van der Waals surface area (Å²) in [7, 11) is 0. The first kappa shape index (κ1) is 9.50. The first-order valence-corrected chi connectivity index (χ1v) is 4.01. The fourth-order valence-electron chi connectivity index (χ4n) is 0.937. The Morgan fingerprint density at radius 3 is 2.54 bits per heavy atom. The summed E-state index contributed by atoms with van der Waals surface area (Å²) in [5.41, 5.74) is 0. The SMILES string of the molecule is CCN(CC)c1noc(C(=O)O)n1. The number of aromatic carboxylic acids is 1. The monoisotopic (exact) mass is 185 g/mol. The average Bonchev–Trinajstić information content (AvgIpc) is 2.56. The highest BCUT2D eigenvalue weighted by atomic mass is 16.5. The minimum Gasteiger partial charge on any atom is -0.474 e. The van der Waals surface area contributed by atoms with Gasteiger partial charge in [-0.05, 0) is 19.0 Å². The van der Waals surface area contributed by atoms with Gasteiger partial charge in [0.1, 0.15) is 0 Å². The molecule has 0 radical (unpaired) electrons. The molecule has 1 rings (SSSR count). The number of carboxylic acids is 1. The summed E-state index contributed by atoms with van der Waals surface area (Å²) in [5, 5.41) is 12.0. The maximum absolute atomic E-state index is 10.4. The Hall–Kier alpha value is -1.59. The van der Waals surface area contributed by atoms with Crippen LogP contribution in [0.5, 0.6) is 0 Å². The minimum atomic E-state index is -1.20. The summed E-state index contributed by atoms with van der Waals surface area (Å²) in [4.78, 5) is 15.9. The maximum Gasteiger partial charge on any atom is 0.394 e. The molecule has 0 saturated carbocycles. The van der Waals surface area contributed by atoms with Crippen LogP contribution < -0.4 is 4.90 Å². The van der Waals surface area contributed by atoms with Gasteiger partial charge in [-0.25, -0.2) is 4.79 Å². The summed E-state index contributed by atoms with van der Waals surface area (Å²) in [6, 6.07) is 0. The van der Waals surface area contributed by atoms with Crippen LogP contribution in [0.1, 0.15) is 24.5 Å². The Morgan fingerprint density at radius 1 is 1.54 bits per heavy atom. The Morgan fingerprint density at radius 2 is 2.15 bits per heavy atom.